The second-order valence-electron chi connectivity index (χ2n) is 7.40. The van der Waals surface area contributed by atoms with E-state index in [0.29, 0.717) is 43.0 Å². The Bertz CT molecular complexity index is 1090. The van der Waals surface area contributed by atoms with Crippen molar-refractivity contribution in [1.29, 1.82) is 0 Å². The van der Waals surface area contributed by atoms with Gasteiger partial charge in [-0.2, -0.15) is 4.31 Å². The molecule has 10 heteroatoms. The van der Waals surface area contributed by atoms with Crippen molar-refractivity contribution in [2.45, 2.75) is 18.7 Å². The van der Waals surface area contributed by atoms with E-state index in [-0.39, 0.29) is 16.1 Å². The molecule has 0 saturated carbocycles. The van der Waals surface area contributed by atoms with Crippen molar-refractivity contribution < 1.29 is 18.1 Å². The van der Waals surface area contributed by atoms with Gasteiger partial charge in [0.15, 0.2) is 0 Å². The normalized spacial score (nSPS) is 15.7. The smallest absolute Gasteiger partial charge is 0.271 e. The van der Waals surface area contributed by atoms with Crippen molar-refractivity contribution in [1.82, 2.24) is 9.21 Å². The number of benzene rings is 2. The lowest BCUT2D eigenvalue weighted by Gasteiger charge is -2.32. The number of carbonyl (C=O) groups excluding carboxylic acids is 1. The summed E-state index contributed by atoms with van der Waals surface area (Å²) in [5, 5.41) is 13.6. The average molecular weight is 433 g/mol. The first-order chi connectivity index (χ1) is 14.1. The number of carbonyl (C=O) groups is 1. The van der Waals surface area contributed by atoms with Crippen LogP contribution in [0.5, 0.6) is 0 Å². The van der Waals surface area contributed by atoms with E-state index < -0.39 is 20.9 Å². The molecule has 30 heavy (non-hydrogen) atoms. The molecule has 0 spiro atoms. The zero-order chi connectivity index (χ0) is 22.1. The van der Waals surface area contributed by atoms with E-state index >= 15 is 0 Å². The van der Waals surface area contributed by atoms with Crippen LogP contribution in [0.1, 0.15) is 21.5 Å². The lowest BCUT2D eigenvalue weighted by atomic mass is 10.1. The van der Waals surface area contributed by atoms with Crippen LogP contribution in [0.15, 0.2) is 41.3 Å². The maximum atomic E-state index is 13.1. The molecule has 1 heterocycles. The number of amides is 1. The van der Waals surface area contributed by atoms with Gasteiger partial charge >= 0.3 is 0 Å². The number of nitrogens with one attached hydrogen (secondary N) is 1. The summed E-state index contributed by atoms with van der Waals surface area (Å²) in [6.45, 7) is 5.48. The molecular weight excluding hydrogens is 408 g/mol. The quantitative estimate of drug-likeness (QED) is 0.573. The lowest BCUT2D eigenvalue weighted by Crippen LogP contribution is -2.47. The van der Waals surface area contributed by atoms with Gasteiger partial charge in [0.25, 0.3) is 11.6 Å². The largest absolute Gasteiger partial charge is 0.321 e. The summed E-state index contributed by atoms with van der Waals surface area (Å²) in [6.07, 6.45) is 0. The van der Waals surface area contributed by atoms with E-state index in [1.54, 1.807) is 32.0 Å². The summed E-state index contributed by atoms with van der Waals surface area (Å²) in [4.78, 5) is 25.4. The zero-order valence-corrected chi connectivity index (χ0v) is 17.9. The van der Waals surface area contributed by atoms with Gasteiger partial charge in [0.2, 0.25) is 10.0 Å². The fraction of sp³-hybridized carbons (Fsp3) is 0.350. The first-order valence-electron chi connectivity index (χ1n) is 9.45. The Morgan fingerprint density at radius 3 is 2.30 bits per heavy atom. The van der Waals surface area contributed by atoms with Gasteiger partial charge in [-0.3, -0.25) is 14.9 Å². The third-order valence-electron chi connectivity index (χ3n) is 5.21. The fourth-order valence-corrected chi connectivity index (χ4v) is 4.91. The Morgan fingerprint density at radius 2 is 1.67 bits per heavy atom. The van der Waals surface area contributed by atoms with Crippen molar-refractivity contribution in [3.63, 3.8) is 0 Å². The second kappa shape index (κ2) is 8.50. The number of nitro groups is 1. The Balaban J connectivity index is 1.89. The Kier molecular flexibility index (Phi) is 6.20. The van der Waals surface area contributed by atoms with Crippen LogP contribution in [-0.4, -0.2) is 61.7 Å². The average Bonchev–Trinajstić information content (AvgIpc) is 2.70. The first-order valence-corrected chi connectivity index (χ1v) is 10.9. The standard InChI is InChI=1S/C20H24N4O5S/c1-14-5-7-17(24(26)27)13-18(14)21-20(25)16-6-4-15(2)19(12-16)30(28,29)23-10-8-22(3)9-11-23/h4-7,12-13H,8-11H2,1-3H3,(H,21,25). The molecule has 0 radical (unpaired) electrons. The Labute approximate surface area is 175 Å². The van der Waals surface area contributed by atoms with E-state index in [0.717, 1.165) is 0 Å². The van der Waals surface area contributed by atoms with Gasteiger partial charge in [0, 0.05) is 43.9 Å². The van der Waals surface area contributed by atoms with Crippen molar-refractivity contribution in [3.05, 3.63) is 63.2 Å². The number of likely N-dealkylation sites (N-methyl/N-ethyl adjacent to an activating group) is 1. The predicted molar refractivity (Wildman–Crippen MR) is 113 cm³/mol. The second-order valence-corrected chi connectivity index (χ2v) is 9.30. The van der Waals surface area contributed by atoms with E-state index in [2.05, 4.69) is 10.2 Å². The lowest BCUT2D eigenvalue weighted by molar-refractivity contribution is -0.384. The molecule has 0 bridgehead atoms. The molecule has 1 amide bonds. The number of hydrogen-bond donors (Lipinski definition) is 1. The number of nitro benzene ring substituents is 1. The molecule has 2 aromatic rings. The summed E-state index contributed by atoms with van der Waals surface area (Å²) in [5.41, 5.74) is 1.54. The highest BCUT2D eigenvalue weighted by Gasteiger charge is 2.29. The summed E-state index contributed by atoms with van der Waals surface area (Å²) in [7, 11) is -1.79. The van der Waals surface area contributed by atoms with Crippen LogP contribution >= 0.6 is 0 Å². The van der Waals surface area contributed by atoms with Gasteiger partial charge in [-0.05, 0) is 44.2 Å². The molecule has 1 N–H and O–H groups in total. The molecule has 3 rings (SSSR count). The molecule has 1 aliphatic heterocycles. The monoisotopic (exact) mass is 432 g/mol. The number of piperazine rings is 1. The maximum absolute atomic E-state index is 13.1. The molecule has 1 aliphatic rings. The number of sulfonamides is 1. The van der Waals surface area contributed by atoms with Crippen molar-refractivity contribution in [2.75, 3.05) is 38.5 Å². The number of nitrogens with zero attached hydrogens (tertiary/aromatic N) is 3. The number of non-ortho nitro benzene ring substituents is 1. The Hall–Kier alpha value is -2.82. The molecule has 0 unspecified atom stereocenters. The molecule has 0 aromatic heterocycles. The van der Waals surface area contributed by atoms with Gasteiger partial charge in [0.05, 0.1) is 15.5 Å². The van der Waals surface area contributed by atoms with Crippen molar-refractivity contribution >= 4 is 27.3 Å². The van der Waals surface area contributed by atoms with Gasteiger partial charge in [-0.15, -0.1) is 0 Å². The van der Waals surface area contributed by atoms with Crippen molar-refractivity contribution in [3.8, 4) is 0 Å². The summed E-state index contributed by atoms with van der Waals surface area (Å²) in [5.74, 6) is -0.534. The van der Waals surface area contributed by atoms with Crippen LogP contribution in [0.25, 0.3) is 0 Å². The predicted octanol–water partition coefficient (Wildman–Crippen LogP) is 2.40. The summed E-state index contributed by atoms with van der Waals surface area (Å²) in [6, 6.07) is 8.69. The molecule has 2 aromatic carbocycles. The van der Waals surface area contributed by atoms with E-state index in [9.17, 15) is 23.3 Å². The van der Waals surface area contributed by atoms with Crippen molar-refractivity contribution in [2.24, 2.45) is 0 Å². The molecule has 0 atom stereocenters. The van der Waals surface area contributed by atoms with Crippen LogP contribution in [0.2, 0.25) is 0 Å². The molecule has 1 saturated heterocycles. The zero-order valence-electron chi connectivity index (χ0n) is 17.1. The minimum atomic E-state index is -3.73. The van der Waals surface area contributed by atoms with Crippen LogP contribution in [0.4, 0.5) is 11.4 Å². The summed E-state index contributed by atoms with van der Waals surface area (Å²) >= 11 is 0. The number of aryl methyl sites for hydroxylation is 2. The molecular formula is C20H24N4O5S. The molecule has 9 nitrogen and oxygen atoms in total. The maximum Gasteiger partial charge on any atom is 0.271 e. The van der Waals surface area contributed by atoms with Crippen LogP contribution in [-0.2, 0) is 10.0 Å². The first kappa shape index (κ1) is 21.9. The SMILES string of the molecule is Cc1ccc([N+](=O)[O-])cc1NC(=O)c1ccc(C)c(S(=O)(=O)N2CCN(C)CC2)c1. The number of hydrogen-bond acceptors (Lipinski definition) is 6. The highest BCUT2D eigenvalue weighted by Crippen LogP contribution is 2.25. The minimum absolute atomic E-state index is 0.0930. The van der Waals surface area contributed by atoms with E-state index in [1.807, 2.05) is 7.05 Å². The molecule has 160 valence electrons. The van der Waals surface area contributed by atoms with Crippen LogP contribution in [0, 0.1) is 24.0 Å². The topological polar surface area (TPSA) is 113 Å². The molecule has 1 fully saturated rings. The Morgan fingerprint density at radius 1 is 1.03 bits per heavy atom. The van der Waals surface area contributed by atoms with Crippen LogP contribution in [0.3, 0.4) is 0 Å². The minimum Gasteiger partial charge on any atom is -0.321 e. The highest BCUT2D eigenvalue weighted by atomic mass is 32.2. The van der Waals surface area contributed by atoms with E-state index in [1.165, 1.54) is 22.5 Å². The third-order valence-corrected chi connectivity index (χ3v) is 7.25. The fourth-order valence-electron chi connectivity index (χ4n) is 3.24. The van der Waals surface area contributed by atoms with Gasteiger partial charge < -0.3 is 10.2 Å². The third kappa shape index (κ3) is 4.50. The van der Waals surface area contributed by atoms with Gasteiger partial charge in [0.1, 0.15) is 0 Å². The number of rotatable bonds is 5. The van der Waals surface area contributed by atoms with Gasteiger partial charge in [-0.25, -0.2) is 8.42 Å². The van der Waals surface area contributed by atoms with Crippen LogP contribution < -0.4 is 5.32 Å². The molecule has 0 aliphatic carbocycles. The summed E-state index contributed by atoms with van der Waals surface area (Å²) < 4.78 is 27.7. The van der Waals surface area contributed by atoms with E-state index in [4.69, 9.17) is 0 Å². The highest BCUT2D eigenvalue weighted by molar-refractivity contribution is 7.89. The van der Waals surface area contributed by atoms with Gasteiger partial charge in [-0.1, -0.05) is 12.1 Å². The number of anilines is 1.